The van der Waals surface area contributed by atoms with E-state index in [0.717, 1.165) is 0 Å². The van der Waals surface area contributed by atoms with Gasteiger partial charge >= 0.3 is 0 Å². The number of nitrogens with zero attached hydrogens (tertiary/aromatic N) is 2. The first kappa shape index (κ1) is 15.9. The SMILES string of the molecule is COC1=C(C)C(=O)C2=C(C1=O)[C@@H]1CN(C)C(=O)[C@H]([C@H]2OC)N1C. The predicted octanol–water partition coefficient (Wildman–Crippen LogP) is -0.475. The molecule has 0 radical (unpaired) electrons. The van der Waals surface area contributed by atoms with Crippen molar-refractivity contribution in [2.75, 3.05) is 34.9 Å². The topological polar surface area (TPSA) is 76.2 Å². The third-order valence-electron chi connectivity index (χ3n) is 5.04. The maximum absolute atomic E-state index is 12.9. The Labute approximate surface area is 134 Å². The van der Waals surface area contributed by atoms with E-state index in [9.17, 15) is 14.4 Å². The number of fused-ring (bicyclic) bond motifs is 3. The van der Waals surface area contributed by atoms with E-state index in [2.05, 4.69) is 0 Å². The Morgan fingerprint density at radius 3 is 2.26 bits per heavy atom. The molecule has 124 valence electrons. The second kappa shape index (κ2) is 5.28. The highest BCUT2D eigenvalue weighted by molar-refractivity contribution is 6.25. The Hall–Kier alpha value is -1.99. The van der Waals surface area contributed by atoms with Crippen LogP contribution in [0.25, 0.3) is 0 Å². The standard InChI is InChI=1S/C16H20N2O5/c1-7-12(19)10-9(13(20)14(7)22-4)8-6-17(2)16(21)11(18(8)3)15(10)23-5/h8,11,15H,6H2,1-5H3/t8-,11-,15-/m0/s1. The molecule has 0 saturated carbocycles. The lowest BCUT2D eigenvalue weighted by molar-refractivity contribution is -0.150. The van der Waals surface area contributed by atoms with Crippen LogP contribution in [-0.4, -0.2) is 80.3 Å². The molecule has 0 spiro atoms. The zero-order chi connectivity index (χ0) is 17.0. The number of allylic oxidation sites excluding steroid dienone is 2. The number of Topliss-reactive ketones (excluding diaryl/α,β-unsaturated/α-hetero) is 2. The van der Waals surface area contributed by atoms with Crippen LogP contribution in [0.4, 0.5) is 0 Å². The fraction of sp³-hybridized carbons (Fsp3) is 0.562. The normalized spacial score (nSPS) is 31.8. The maximum Gasteiger partial charge on any atom is 0.242 e. The van der Waals surface area contributed by atoms with Crippen molar-refractivity contribution in [2.24, 2.45) is 0 Å². The van der Waals surface area contributed by atoms with Crippen molar-refractivity contribution in [3.8, 4) is 0 Å². The molecule has 0 aromatic carbocycles. The van der Waals surface area contributed by atoms with Crippen molar-refractivity contribution in [2.45, 2.75) is 25.1 Å². The molecule has 2 heterocycles. The molecule has 1 fully saturated rings. The molecular weight excluding hydrogens is 300 g/mol. The number of piperazine rings is 1. The summed E-state index contributed by atoms with van der Waals surface area (Å²) in [6, 6.07) is -0.935. The number of amides is 1. The molecule has 7 heteroatoms. The van der Waals surface area contributed by atoms with Crippen molar-refractivity contribution >= 4 is 17.5 Å². The van der Waals surface area contributed by atoms with Gasteiger partial charge in [0.15, 0.2) is 11.5 Å². The quantitative estimate of drug-likeness (QED) is 0.640. The van der Waals surface area contributed by atoms with Crippen LogP contribution in [0, 0.1) is 0 Å². The average molecular weight is 320 g/mol. The Bertz CT molecular complexity index is 678. The minimum absolute atomic E-state index is 0.0787. The van der Waals surface area contributed by atoms with E-state index in [1.54, 1.807) is 25.9 Å². The van der Waals surface area contributed by atoms with Crippen LogP contribution >= 0.6 is 0 Å². The summed E-state index contributed by atoms with van der Waals surface area (Å²) < 4.78 is 10.6. The summed E-state index contributed by atoms with van der Waals surface area (Å²) in [7, 11) is 6.32. The van der Waals surface area contributed by atoms with E-state index < -0.39 is 12.1 Å². The van der Waals surface area contributed by atoms with Crippen molar-refractivity contribution in [1.82, 2.24) is 9.80 Å². The van der Waals surface area contributed by atoms with Gasteiger partial charge in [-0.2, -0.15) is 0 Å². The summed E-state index contributed by atoms with van der Waals surface area (Å²) >= 11 is 0. The van der Waals surface area contributed by atoms with Gasteiger partial charge in [-0.25, -0.2) is 0 Å². The van der Waals surface area contributed by atoms with Crippen molar-refractivity contribution < 1.29 is 23.9 Å². The smallest absolute Gasteiger partial charge is 0.242 e. The third-order valence-corrected chi connectivity index (χ3v) is 5.04. The van der Waals surface area contributed by atoms with Crippen LogP contribution in [0.3, 0.4) is 0 Å². The number of ether oxygens (including phenoxy) is 2. The van der Waals surface area contributed by atoms with Crippen LogP contribution in [0.2, 0.25) is 0 Å². The maximum atomic E-state index is 12.9. The van der Waals surface area contributed by atoms with Gasteiger partial charge in [0, 0.05) is 37.4 Å². The lowest BCUT2D eigenvalue weighted by Crippen LogP contribution is -2.68. The van der Waals surface area contributed by atoms with Gasteiger partial charge in [0.25, 0.3) is 0 Å². The molecule has 0 aromatic heterocycles. The molecule has 0 aromatic rings. The molecular formula is C16H20N2O5. The molecule has 1 saturated heterocycles. The first-order chi connectivity index (χ1) is 10.8. The molecule has 0 unspecified atom stereocenters. The van der Waals surface area contributed by atoms with Gasteiger partial charge in [-0.3, -0.25) is 19.3 Å². The number of methoxy groups -OCH3 is 2. The lowest BCUT2D eigenvalue weighted by atomic mass is 9.75. The lowest BCUT2D eigenvalue weighted by Gasteiger charge is -2.51. The Morgan fingerprint density at radius 2 is 1.70 bits per heavy atom. The van der Waals surface area contributed by atoms with Crippen LogP contribution in [0.5, 0.6) is 0 Å². The second-order valence-corrected chi connectivity index (χ2v) is 6.15. The minimum atomic E-state index is -0.758. The van der Waals surface area contributed by atoms with Crippen LogP contribution in [0.1, 0.15) is 6.92 Å². The molecule has 3 aliphatic rings. The third kappa shape index (κ3) is 1.93. The van der Waals surface area contributed by atoms with Crippen LogP contribution in [0.15, 0.2) is 22.5 Å². The van der Waals surface area contributed by atoms with Gasteiger partial charge in [0.05, 0.1) is 13.2 Å². The molecule has 7 nitrogen and oxygen atoms in total. The van der Waals surface area contributed by atoms with Gasteiger partial charge in [-0.1, -0.05) is 0 Å². The number of carbonyl (C=O) groups excluding carboxylic acids is 3. The van der Waals surface area contributed by atoms with Crippen molar-refractivity contribution in [3.05, 3.63) is 22.5 Å². The minimum Gasteiger partial charge on any atom is -0.492 e. The summed E-state index contributed by atoms with van der Waals surface area (Å²) in [5.74, 6) is -0.597. The van der Waals surface area contributed by atoms with Gasteiger partial charge in [-0.05, 0) is 14.0 Å². The van der Waals surface area contributed by atoms with Crippen LogP contribution in [-0.2, 0) is 23.9 Å². The summed E-state index contributed by atoms with van der Waals surface area (Å²) in [6.45, 7) is 1.92. The van der Waals surface area contributed by atoms with E-state index >= 15 is 0 Å². The first-order valence-corrected chi connectivity index (χ1v) is 7.43. The van der Waals surface area contributed by atoms with Crippen LogP contribution < -0.4 is 0 Å². The molecule has 2 bridgehead atoms. The van der Waals surface area contributed by atoms with E-state index in [-0.39, 0.29) is 34.8 Å². The average Bonchev–Trinajstić information content (AvgIpc) is 2.52. The predicted molar refractivity (Wildman–Crippen MR) is 80.5 cm³/mol. The summed E-state index contributed by atoms with van der Waals surface area (Å²) in [4.78, 5) is 41.6. The molecule has 3 rings (SSSR count). The number of rotatable bonds is 2. The number of hydrogen-bond acceptors (Lipinski definition) is 6. The molecule has 1 aliphatic carbocycles. The summed E-state index contributed by atoms with van der Waals surface area (Å²) in [6.07, 6.45) is -0.758. The summed E-state index contributed by atoms with van der Waals surface area (Å²) in [5.41, 5.74) is 0.967. The second-order valence-electron chi connectivity index (χ2n) is 6.15. The first-order valence-electron chi connectivity index (χ1n) is 7.43. The van der Waals surface area contributed by atoms with Crippen molar-refractivity contribution in [3.63, 3.8) is 0 Å². The molecule has 1 amide bonds. The molecule has 3 atom stereocenters. The fourth-order valence-corrected chi connectivity index (χ4v) is 3.82. The number of ketones is 2. The van der Waals surface area contributed by atoms with E-state index in [1.165, 1.54) is 14.2 Å². The monoisotopic (exact) mass is 320 g/mol. The molecule has 0 N–H and O–H groups in total. The number of likely N-dealkylation sites (N-methyl/N-ethyl adjacent to an activating group) is 2. The van der Waals surface area contributed by atoms with E-state index in [1.807, 2.05) is 4.90 Å². The number of hydrogen-bond donors (Lipinski definition) is 0. The van der Waals surface area contributed by atoms with Gasteiger partial charge in [0.1, 0.15) is 12.1 Å². The Morgan fingerprint density at radius 1 is 1.04 bits per heavy atom. The Balaban J connectivity index is 2.23. The molecule has 2 aliphatic heterocycles. The van der Waals surface area contributed by atoms with E-state index in [0.29, 0.717) is 17.7 Å². The van der Waals surface area contributed by atoms with Gasteiger partial charge in [-0.15, -0.1) is 0 Å². The Kier molecular flexibility index (Phi) is 3.65. The van der Waals surface area contributed by atoms with E-state index in [4.69, 9.17) is 9.47 Å². The highest BCUT2D eigenvalue weighted by atomic mass is 16.5. The highest BCUT2D eigenvalue weighted by Gasteiger charge is 2.54. The fourth-order valence-electron chi connectivity index (χ4n) is 3.82. The zero-order valence-corrected chi connectivity index (χ0v) is 13.9. The molecule has 23 heavy (non-hydrogen) atoms. The van der Waals surface area contributed by atoms with Gasteiger partial charge in [0.2, 0.25) is 11.7 Å². The largest absolute Gasteiger partial charge is 0.492 e. The number of carbonyl (C=O) groups is 3. The zero-order valence-electron chi connectivity index (χ0n) is 13.9. The summed E-state index contributed by atoms with van der Waals surface area (Å²) in [5, 5.41) is 0. The van der Waals surface area contributed by atoms with Crippen molar-refractivity contribution in [1.29, 1.82) is 0 Å². The van der Waals surface area contributed by atoms with Gasteiger partial charge < -0.3 is 14.4 Å². The highest BCUT2D eigenvalue weighted by Crippen LogP contribution is 2.40.